The van der Waals surface area contributed by atoms with E-state index in [-0.39, 0.29) is 11.9 Å². The zero-order valence-corrected chi connectivity index (χ0v) is 17.1. The van der Waals surface area contributed by atoms with Gasteiger partial charge >= 0.3 is 5.97 Å². The maximum Gasteiger partial charge on any atom is 0.327 e. The third kappa shape index (κ3) is 4.66. The molecule has 1 aromatic carbocycles. The van der Waals surface area contributed by atoms with Gasteiger partial charge in [0.15, 0.2) is 0 Å². The lowest BCUT2D eigenvalue weighted by Gasteiger charge is -2.38. The molecule has 0 radical (unpaired) electrons. The van der Waals surface area contributed by atoms with Gasteiger partial charge < -0.3 is 9.64 Å². The average molecular weight is 453 g/mol. The van der Waals surface area contributed by atoms with Crippen molar-refractivity contribution in [3.05, 3.63) is 63.3 Å². The number of carbonyl (C=O) groups excluding carboxylic acids is 2. The van der Waals surface area contributed by atoms with E-state index in [2.05, 4.69) is 20.9 Å². The van der Waals surface area contributed by atoms with Gasteiger partial charge in [0.2, 0.25) is 0 Å². The van der Waals surface area contributed by atoms with Gasteiger partial charge in [-0.3, -0.25) is 14.7 Å². The van der Waals surface area contributed by atoms with Gasteiger partial charge in [0, 0.05) is 48.1 Å². The molecule has 1 fully saturated rings. The van der Waals surface area contributed by atoms with E-state index in [1.165, 1.54) is 7.11 Å². The van der Waals surface area contributed by atoms with Crippen LogP contribution in [-0.4, -0.2) is 59.9 Å². The number of pyridine rings is 1. The van der Waals surface area contributed by atoms with Gasteiger partial charge in [0.05, 0.1) is 12.7 Å². The van der Waals surface area contributed by atoms with Crippen LogP contribution in [0.25, 0.3) is 0 Å². The highest BCUT2D eigenvalue weighted by atomic mass is 79.9. The smallest absolute Gasteiger partial charge is 0.327 e. The number of rotatable bonds is 4. The Balaban J connectivity index is 1.71. The second-order valence-corrected chi connectivity index (χ2v) is 7.55. The first-order valence-corrected chi connectivity index (χ1v) is 9.64. The van der Waals surface area contributed by atoms with E-state index in [1.807, 2.05) is 17.0 Å². The summed E-state index contributed by atoms with van der Waals surface area (Å²) in [5, 5.41) is 0.611. The van der Waals surface area contributed by atoms with Gasteiger partial charge in [0.25, 0.3) is 5.91 Å². The zero-order chi connectivity index (χ0) is 19.4. The summed E-state index contributed by atoms with van der Waals surface area (Å²) in [6.45, 7) is 2.17. The van der Waals surface area contributed by atoms with Gasteiger partial charge in [-0.05, 0) is 39.7 Å². The number of benzene rings is 1. The van der Waals surface area contributed by atoms with Crippen molar-refractivity contribution in [2.24, 2.45) is 0 Å². The molecular weight excluding hydrogens is 434 g/mol. The fourth-order valence-corrected chi connectivity index (χ4v) is 3.64. The molecule has 1 aromatic heterocycles. The monoisotopic (exact) mass is 451 g/mol. The molecule has 1 saturated heterocycles. The van der Waals surface area contributed by atoms with Crippen molar-refractivity contribution in [2.45, 2.75) is 6.04 Å². The quantitative estimate of drug-likeness (QED) is 0.667. The molecule has 1 amide bonds. The van der Waals surface area contributed by atoms with E-state index < -0.39 is 6.04 Å². The largest absolute Gasteiger partial charge is 0.468 e. The number of carbonyl (C=O) groups is 2. The number of esters is 1. The minimum atomic E-state index is -0.517. The Hall–Kier alpha value is -1.96. The number of nitrogens with zero attached hydrogens (tertiary/aromatic N) is 3. The third-order valence-electron chi connectivity index (χ3n) is 4.53. The topological polar surface area (TPSA) is 62.7 Å². The van der Waals surface area contributed by atoms with E-state index in [0.717, 1.165) is 10.0 Å². The molecule has 0 spiro atoms. The van der Waals surface area contributed by atoms with Gasteiger partial charge in [-0.25, -0.2) is 4.79 Å². The molecule has 1 aliphatic heterocycles. The molecule has 0 saturated carbocycles. The van der Waals surface area contributed by atoms with Crippen molar-refractivity contribution < 1.29 is 14.3 Å². The van der Waals surface area contributed by atoms with E-state index in [0.29, 0.717) is 36.8 Å². The number of hydrogen-bond acceptors (Lipinski definition) is 5. The van der Waals surface area contributed by atoms with Crippen LogP contribution in [0.1, 0.15) is 22.0 Å². The van der Waals surface area contributed by atoms with E-state index in [9.17, 15) is 9.59 Å². The molecule has 2 aromatic rings. The molecule has 3 rings (SSSR count). The molecule has 6 nitrogen and oxygen atoms in total. The summed E-state index contributed by atoms with van der Waals surface area (Å²) in [5.74, 6) is -0.391. The fraction of sp³-hybridized carbons (Fsp3) is 0.316. The number of ether oxygens (including phenoxy) is 1. The molecular formula is C19H19BrClN3O3. The first kappa shape index (κ1) is 19.8. The van der Waals surface area contributed by atoms with E-state index >= 15 is 0 Å². The number of hydrogen-bond donors (Lipinski definition) is 0. The first-order chi connectivity index (χ1) is 13.0. The summed E-state index contributed by atoms with van der Waals surface area (Å²) in [6.07, 6.45) is 3.20. The van der Waals surface area contributed by atoms with Crippen LogP contribution in [0.2, 0.25) is 5.02 Å². The predicted molar refractivity (Wildman–Crippen MR) is 106 cm³/mol. The molecule has 1 aliphatic rings. The lowest BCUT2D eigenvalue weighted by atomic mass is 10.0. The summed E-state index contributed by atoms with van der Waals surface area (Å²) >= 11 is 9.29. The highest BCUT2D eigenvalue weighted by molar-refractivity contribution is 9.10. The summed E-state index contributed by atoms with van der Waals surface area (Å²) in [7, 11) is 1.38. The standard InChI is InChI=1S/C19H19BrClN3O3/c1-27-19(26)17(13-2-4-16(21)5-3-13)23-6-8-24(9-7-23)18(25)14-10-15(20)12-22-11-14/h2-5,10-12,17H,6-9H2,1H3. The highest BCUT2D eigenvalue weighted by Gasteiger charge is 2.32. The normalized spacial score (nSPS) is 16.0. The Labute approximate surface area is 171 Å². The van der Waals surface area contributed by atoms with Crippen molar-refractivity contribution in [3.8, 4) is 0 Å². The third-order valence-corrected chi connectivity index (χ3v) is 5.21. The summed E-state index contributed by atoms with van der Waals surface area (Å²) in [4.78, 5) is 32.9. The SMILES string of the molecule is COC(=O)C(c1ccc(Cl)cc1)N1CCN(C(=O)c2cncc(Br)c2)CC1. The number of aromatic nitrogens is 1. The van der Waals surface area contributed by atoms with E-state index in [1.54, 1.807) is 35.5 Å². The lowest BCUT2D eigenvalue weighted by Crippen LogP contribution is -2.51. The van der Waals surface area contributed by atoms with Crippen LogP contribution in [0.4, 0.5) is 0 Å². The lowest BCUT2D eigenvalue weighted by molar-refractivity contribution is -0.148. The van der Waals surface area contributed by atoms with Crippen molar-refractivity contribution in [1.82, 2.24) is 14.8 Å². The van der Waals surface area contributed by atoms with Crippen LogP contribution in [0.5, 0.6) is 0 Å². The predicted octanol–water partition coefficient (Wildman–Crippen LogP) is 3.17. The first-order valence-electron chi connectivity index (χ1n) is 8.47. The molecule has 0 aliphatic carbocycles. The Morgan fingerprint density at radius 2 is 1.81 bits per heavy atom. The molecule has 0 bridgehead atoms. The van der Waals surface area contributed by atoms with Gasteiger partial charge in [0.1, 0.15) is 6.04 Å². The fourth-order valence-electron chi connectivity index (χ4n) is 3.15. The van der Waals surface area contributed by atoms with Gasteiger partial charge in [-0.1, -0.05) is 23.7 Å². The molecule has 27 heavy (non-hydrogen) atoms. The maximum atomic E-state index is 12.7. The van der Waals surface area contributed by atoms with Gasteiger partial charge in [-0.15, -0.1) is 0 Å². The minimum Gasteiger partial charge on any atom is -0.468 e. The van der Waals surface area contributed by atoms with Crippen LogP contribution in [0.3, 0.4) is 0 Å². The van der Waals surface area contributed by atoms with Crippen LogP contribution in [0.15, 0.2) is 47.2 Å². The summed E-state index contributed by atoms with van der Waals surface area (Å²) in [6, 6.07) is 8.41. The average Bonchev–Trinajstić information content (AvgIpc) is 2.69. The number of methoxy groups -OCH3 is 1. The Kier molecular flexibility index (Phi) is 6.46. The van der Waals surface area contributed by atoms with Crippen molar-refractivity contribution in [2.75, 3.05) is 33.3 Å². The summed E-state index contributed by atoms with van der Waals surface area (Å²) < 4.78 is 5.76. The van der Waals surface area contributed by atoms with Crippen LogP contribution < -0.4 is 0 Å². The zero-order valence-electron chi connectivity index (χ0n) is 14.8. The Bertz CT molecular complexity index is 823. The molecule has 2 heterocycles. The Morgan fingerprint density at radius 1 is 1.15 bits per heavy atom. The van der Waals surface area contributed by atoms with Crippen LogP contribution in [-0.2, 0) is 9.53 Å². The number of amides is 1. The molecule has 8 heteroatoms. The highest BCUT2D eigenvalue weighted by Crippen LogP contribution is 2.25. The van der Waals surface area contributed by atoms with E-state index in [4.69, 9.17) is 16.3 Å². The minimum absolute atomic E-state index is 0.0652. The maximum absolute atomic E-state index is 12.7. The number of halogens is 2. The second-order valence-electron chi connectivity index (χ2n) is 6.20. The molecule has 0 N–H and O–H groups in total. The van der Waals surface area contributed by atoms with Crippen LogP contribution in [0, 0.1) is 0 Å². The summed E-state index contributed by atoms with van der Waals surface area (Å²) in [5.41, 5.74) is 1.36. The molecule has 1 unspecified atom stereocenters. The van der Waals surface area contributed by atoms with Crippen molar-refractivity contribution in [3.63, 3.8) is 0 Å². The second kappa shape index (κ2) is 8.82. The molecule has 1 atom stereocenters. The Morgan fingerprint density at radius 3 is 2.41 bits per heavy atom. The van der Waals surface area contributed by atoms with Crippen molar-refractivity contribution >= 4 is 39.4 Å². The van der Waals surface area contributed by atoms with Crippen LogP contribution >= 0.6 is 27.5 Å². The van der Waals surface area contributed by atoms with Crippen molar-refractivity contribution in [1.29, 1.82) is 0 Å². The number of piperazine rings is 1. The molecule has 142 valence electrons. The van der Waals surface area contributed by atoms with Gasteiger partial charge in [-0.2, -0.15) is 0 Å².